The van der Waals surface area contributed by atoms with Gasteiger partial charge in [-0.2, -0.15) is 0 Å². The summed E-state index contributed by atoms with van der Waals surface area (Å²) in [5, 5.41) is 20.2. The van der Waals surface area contributed by atoms with Crippen LogP contribution >= 0.6 is 0 Å². The van der Waals surface area contributed by atoms with Crippen LogP contribution in [-0.4, -0.2) is 21.4 Å². The highest BCUT2D eigenvalue weighted by molar-refractivity contribution is 4.99. The maximum Gasteiger partial charge on any atom is 0.295 e. The Morgan fingerprint density at radius 3 is 1.11 bits per heavy atom. The van der Waals surface area contributed by atoms with E-state index in [-0.39, 0.29) is 22.2 Å². The summed E-state index contributed by atoms with van der Waals surface area (Å²) in [4.78, 5) is 31.5. The lowest BCUT2D eigenvalue weighted by Crippen LogP contribution is -2.50. The first-order chi connectivity index (χ1) is 11.6. The van der Waals surface area contributed by atoms with Crippen LogP contribution in [0.2, 0.25) is 0 Å². The molecule has 0 atom stereocenters. The molecule has 0 radical (unpaired) electrons. The summed E-state index contributed by atoms with van der Waals surface area (Å²) >= 11 is 0. The Kier molecular flexibility index (Phi) is 7.33. The van der Waals surface area contributed by atoms with Crippen molar-refractivity contribution in [1.29, 1.82) is 0 Å². The van der Waals surface area contributed by atoms with Gasteiger partial charge in [0.05, 0.1) is 0 Å². The van der Waals surface area contributed by atoms with Crippen LogP contribution in [0.4, 0.5) is 0 Å². The molecular weight excluding hydrogens is 352 g/mol. The minimum Gasteiger partial charge on any atom is -0.308 e. The molecule has 0 aliphatic rings. The third kappa shape index (κ3) is 8.30. The molecule has 8 nitrogen and oxygen atoms in total. The molecule has 27 heavy (non-hydrogen) atoms. The lowest BCUT2D eigenvalue weighted by Gasteiger charge is -2.54. The molecule has 0 aromatic rings. The molecule has 0 unspecified atom stereocenters. The molecule has 0 rings (SSSR count). The molecule has 0 aliphatic heterocycles. The van der Waals surface area contributed by atoms with Gasteiger partial charge in [-0.05, 0) is 62.7 Å². The normalized spacial score (nSPS) is 14.2. The van der Waals surface area contributed by atoms with E-state index in [9.17, 15) is 20.2 Å². The molecule has 0 aromatic heterocycles. The maximum atomic E-state index is 10.9. The van der Waals surface area contributed by atoms with Crippen LogP contribution in [0.25, 0.3) is 0 Å². The fourth-order valence-electron chi connectivity index (χ4n) is 6.27. The Bertz CT molecular complexity index is 505. The van der Waals surface area contributed by atoms with Crippen molar-refractivity contribution in [2.24, 2.45) is 22.2 Å². The molecule has 0 aliphatic carbocycles. The molecule has 0 saturated heterocycles. The standard InChI is InChI=1S/C19H38N2O6/c1-15(2,3)14(16(4,5)12-18(8,9)26-20(22)23)17(6,7)13-19(10,11)27-21(24)25/h14H,12-13H2,1-11H3. The average Bonchev–Trinajstić information content (AvgIpc) is 2.14. The smallest absolute Gasteiger partial charge is 0.295 e. The molecule has 8 heteroatoms. The van der Waals surface area contributed by atoms with Crippen LogP contribution < -0.4 is 0 Å². The van der Waals surface area contributed by atoms with Gasteiger partial charge in [-0.1, -0.05) is 48.5 Å². The second-order valence-corrected chi connectivity index (χ2v) is 11.3. The summed E-state index contributed by atoms with van der Waals surface area (Å²) in [6.45, 7) is 21.6. The van der Waals surface area contributed by atoms with Crippen molar-refractivity contribution in [2.45, 2.75) is 100 Å². The molecule has 0 spiro atoms. The third-order valence-corrected chi connectivity index (χ3v) is 4.83. The zero-order valence-electron chi connectivity index (χ0n) is 18.8. The van der Waals surface area contributed by atoms with E-state index < -0.39 is 21.4 Å². The highest BCUT2D eigenvalue weighted by atomic mass is 17.0. The van der Waals surface area contributed by atoms with Gasteiger partial charge in [0.1, 0.15) is 11.2 Å². The molecule has 0 fully saturated rings. The van der Waals surface area contributed by atoms with Gasteiger partial charge in [-0.3, -0.25) is 0 Å². The Morgan fingerprint density at radius 1 is 0.667 bits per heavy atom. The van der Waals surface area contributed by atoms with Crippen LogP contribution in [-0.2, 0) is 9.68 Å². The summed E-state index contributed by atoms with van der Waals surface area (Å²) < 4.78 is 0. The van der Waals surface area contributed by atoms with Gasteiger partial charge in [-0.15, -0.1) is 20.2 Å². The summed E-state index contributed by atoms with van der Waals surface area (Å²) in [6.07, 6.45) is 0.922. The van der Waals surface area contributed by atoms with Crippen molar-refractivity contribution in [2.75, 3.05) is 0 Å². The monoisotopic (exact) mass is 390 g/mol. The molecule has 0 bridgehead atoms. The van der Waals surface area contributed by atoms with Crippen molar-refractivity contribution in [3.8, 4) is 0 Å². The molecule has 0 amide bonds. The zero-order valence-corrected chi connectivity index (χ0v) is 18.8. The predicted octanol–water partition coefficient (Wildman–Crippen LogP) is 5.46. The van der Waals surface area contributed by atoms with Gasteiger partial charge in [0.2, 0.25) is 0 Å². The van der Waals surface area contributed by atoms with E-state index in [1.54, 1.807) is 27.7 Å². The van der Waals surface area contributed by atoms with Gasteiger partial charge in [-0.25, -0.2) is 0 Å². The first-order valence-electron chi connectivity index (χ1n) is 9.28. The number of hydrogen-bond donors (Lipinski definition) is 0. The van der Waals surface area contributed by atoms with E-state index in [1.807, 2.05) is 0 Å². The molecule has 0 aromatic carbocycles. The maximum absolute atomic E-state index is 10.9. The highest BCUT2D eigenvalue weighted by Crippen LogP contribution is 2.56. The lowest BCUT2D eigenvalue weighted by molar-refractivity contribution is -0.780. The van der Waals surface area contributed by atoms with Gasteiger partial charge >= 0.3 is 0 Å². The summed E-state index contributed by atoms with van der Waals surface area (Å²) in [5.41, 5.74) is -2.72. The Hall–Kier alpha value is -1.60. The number of nitrogens with zero attached hydrogens (tertiary/aromatic N) is 2. The topological polar surface area (TPSA) is 105 Å². The first-order valence-corrected chi connectivity index (χ1v) is 9.28. The summed E-state index contributed by atoms with van der Waals surface area (Å²) in [7, 11) is 0. The zero-order chi connectivity index (χ0) is 22.1. The van der Waals surface area contributed by atoms with Gasteiger partial charge in [0.15, 0.2) is 0 Å². The van der Waals surface area contributed by atoms with Crippen molar-refractivity contribution in [1.82, 2.24) is 0 Å². The average molecular weight is 391 g/mol. The van der Waals surface area contributed by atoms with Crippen LogP contribution in [0.3, 0.4) is 0 Å². The van der Waals surface area contributed by atoms with E-state index in [1.165, 1.54) is 0 Å². The molecule has 0 heterocycles. The van der Waals surface area contributed by atoms with Crippen molar-refractivity contribution in [3.63, 3.8) is 0 Å². The number of rotatable bonds is 10. The molecule has 160 valence electrons. The van der Waals surface area contributed by atoms with Gasteiger partial charge in [0, 0.05) is 0 Å². The van der Waals surface area contributed by atoms with E-state index >= 15 is 0 Å². The van der Waals surface area contributed by atoms with E-state index in [0.29, 0.717) is 12.8 Å². The van der Waals surface area contributed by atoms with Crippen LogP contribution in [0.15, 0.2) is 0 Å². The predicted molar refractivity (Wildman–Crippen MR) is 104 cm³/mol. The van der Waals surface area contributed by atoms with Crippen LogP contribution in [0.5, 0.6) is 0 Å². The van der Waals surface area contributed by atoms with Crippen molar-refractivity contribution in [3.05, 3.63) is 20.2 Å². The molecular formula is C19H38N2O6. The summed E-state index contributed by atoms with van der Waals surface area (Å²) in [6, 6.07) is 0. The fourth-order valence-corrected chi connectivity index (χ4v) is 6.27. The quantitative estimate of drug-likeness (QED) is 0.362. The Labute approximate surface area is 163 Å². The second kappa shape index (κ2) is 7.80. The SMILES string of the molecule is CC(C)(CC(C)(C)C(C(C)(C)C)C(C)(C)CC(C)(C)O[N+](=O)[O-])O[N+](=O)[O-]. The summed E-state index contributed by atoms with van der Waals surface area (Å²) in [5.74, 6) is 0.0711. The molecule has 0 N–H and O–H groups in total. The Morgan fingerprint density at radius 2 is 0.926 bits per heavy atom. The van der Waals surface area contributed by atoms with Crippen molar-refractivity contribution < 1.29 is 19.8 Å². The second-order valence-electron chi connectivity index (χ2n) is 11.3. The fraction of sp³-hybridized carbons (Fsp3) is 1.00. The minimum atomic E-state index is -0.945. The van der Waals surface area contributed by atoms with Gasteiger partial charge in [0.25, 0.3) is 10.2 Å². The van der Waals surface area contributed by atoms with Crippen molar-refractivity contribution >= 4 is 0 Å². The third-order valence-electron chi connectivity index (χ3n) is 4.83. The number of hydrogen-bond acceptors (Lipinski definition) is 6. The van der Waals surface area contributed by atoms with Gasteiger partial charge < -0.3 is 9.68 Å². The van der Waals surface area contributed by atoms with Crippen LogP contribution in [0.1, 0.15) is 89.0 Å². The first kappa shape index (κ1) is 25.4. The minimum absolute atomic E-state index is 0.0711. The largest absolute Gasteiger partial charge is 0.308 e. The van der Waals surface area contributed by atoms with E-state index in [2.05, 4.69) is 48.5 Å². The lowest BCUT2D eigenvalue weighted by atomic mass is 9.51. The van der Waals surface area contributed by atoms with E-state index in [4.69, 9.17) is 9.68 Å². The van der Waals surface area contributed by atoms with Crippen LogP contribution in [0, 0.1) is 42.4 Å². The van der Waals surface area contributed by atoms with E-state index in [0.717, 1.165) is 0 Å². The molecule has 0 saturated carbocycles. The highest BCUT2D eigenvalue weighted by Gasteiger charge is 2.51. The Balaban J connectivity index is 5.90.